The molecule has 1 aromatic rings. The lowest BCUT2D eigenvalue weighted by atomic mass is 10.0. The third kappa shape index (κ3) is 3.71. The summed E-state index contributed by atoms with van der Waals surface area (Å²) in [4.78, 5) is 14.5. The maximum Gasteiger partial charge on any atom is 0.244 e. The predicted octanol–water partition coefficient (Wildman–Crippen LogP) is 0.740. The summed E-state index contributed by atoms with van der Waals surface area (Å²) in [5, 5.41) is 7.19. The molecule has 1 saturated heterocycles. The molecule has 2 rings (SSSR count). The monoisotopic (exact) mass is 302 g/mol. The Kier molecular flexibility index (Phi) is 5.56. The summed E-state index contributed by atoms with van der Waals surface area (Å²) in [6.07, 6.45) is 3.59. The van der Waals surface area contributed by atoms with E-state index < -0.39 is 0 Å². The van der Waals surface area contributed by atoms with Gasteiger partial charge in [-0.15, -0.1) is 12.4 Å². The highest BCUT2D eigenvalue weighted by Gasteiger charge is 2.33. The number of morpholine rings is 1. The number of nitrogens with one attached hydrogen (secondary N) is 1. The summed E-state index contributed by atoms with van der Waals surface area (Å²) >= 11 is 0. The molecule has 0 saturated carbocycles. The Morgan fingerprint density at radius 2 is 2.25 bits per heavy atom. The molecule has 1 aromatic heterocycles. The third-order valence-corrected chi connectivity index (χ3v) is 3.33. The van der Waals surface area contributed by atoms with Gasteiger partial charge in [-0.2, -0.15) is 5.10 Å². The van der Waals surface area contributed by atoms with Gasteiger partial charge in [0, 0.05) is 31.9 Å². The van der Waals surface area contributed by atoms with Gasteiger partial charge >= 0.3 is 0 Å². The number of carbonyl (C=O) groups is 1. The summed E-state index contributed by atoms with van der Waals surface area (Å²) in [6, 6.07) is -0.345. The molecule has 1 atom stereocenters. The fraction of sp³-hybridized carbons (Fsp3) is 0.692. The smallest absolute Gasteiger partial charge is 0.244 e. The predicted molar refractivity (Wildman–Crippen MR) is 78.9 cm³/mol. The lowest BCUT2D eigenvalue weighted by Gasteiger charge is -2.39. The Bertz CT molecular complexity index is 461. The van der Waals surface area contributed by atoms with Crippen molar-refractivity contribution in [2.24, 2.45) is 7.05 Å². The second-order valence-corrected chi connectivity index (χ2v) is 5.54. The van der Waals surface area contributed by atoms with E-state index in [9.17, 15) is 4.79 Å². The molecule has 1 amide bonds. The van der Waals surface area contributed by atoms with Crippen LogP contribution in [-0.4, -0.2) is 52.9 Å². The van der Waals surface area contributed by atoms with Gasteiger partial charge in [0.1, 0.15) is 6.04 Å². The highest BCUT2D eigenvalue weighted by atomic mass is 35.5. The highest BCUT2D eigenvalue weighted by molar-refractivity contribution is 5.85. The number of carbonyl (C=O) groups excluding carboxylic acids is 1. The number of ether oxygens (including phenoxy) is 1. The van der Waals surface area contributed by atoms with Crippen LogP contribution in [0.3, 0.4) is 0 Å². The molecular weight excluding hydrogens is 280 g/mol. The molecule has 20 heavy (non-hydrogen) atoms. The zero-order chi connectivity index (χ0) is 14.0. The van der Waals surface area contributed by atoms with Gasteiger partial charge in [0.15, 0.2) is 0 Å². The summed E-state index contributed by atoms with van der Waals surface area (Å²) in [7, 11) is 3.64. The van der Waals surface area contributed by atoms with Crippen molar-refractivity contribution < 1.29 is 9.53 Å². The molecule has 114 valence electrons. The minimum absolute atomic E-state index is 0. The minimum atomic E-state index is -0.345. The van der Waals surface area contributed by atoms with E-state index in [0.717, 1.165) is 5.56 Å². The molecule has 1 N–H and O–H groups in total. The van der Waals surface area contributed by atoms with Gasteiger partial charge in [-0.3, -0.25) is 9.48 Å². The summed E-state index contributed by atoms with van der Waals surface area (Å²) in [6.45, 7) is 5.85. The molecular formula is C13H23ClN4O2. The lowest BCUT2D eigenvalue weighted by molar-refractivity contribution is -0.148. The first-order chi connectivity index (χ1) is 8.93. The van der Waals surface area contributed by atoms with Crippen LogP contribution in [0.25, 0.3) is 0 Å². The van der Waals surface area contributed by atoms with Crippen molar-refractivity contribution in [1.29, 1.82) is 0 Å². The molecule has 7 heteroatoms. The molecule has 0 radical (unpaired) electrons. The van der Waals surface area contributed by atoms with Crippen LogP contribution in [0.2, 0.25) is 0 Å². The number of likely N-dealkylation sites (N-methyl/N-ethyl adjacent to an activating group) is 1. The van der Waals surface area contributed by atoms with Gasteiger partial charge in [0.05, 0.1) is 18.4 Å². The number of rotatable bonds is 3. The van der Waals surface area contributed by atoms with Gasteiger partial charge in [-0.25, -0.2) is 0 Å². The molecule has 6 nitrogen and oxygen atoms in total. The highest BCUT2D eigenvalue weighted by Crippen LogP contribution is 2.21. The van der Waals surface area contributed by atoms with Crippen molar-refractivity contribution >= 4 is 18.3 Å². The molecule has 0 bridgehead atoms. The van der Waals surface area contributed by atoms with E-state index in [1.807, 2.05) is 32.0 Å². The van der Waals surface area contributed by atoms with Crippen LogP contribution in [0, 0.1) is 0 Å². The Hall–Kier alpha value is -1.11. The average molecular weight is 303 g/mol. The minimum Gasteiger partial charge on any atom is -0.372 e. The second kappa shape index (κ2) is 6.56. The van der Waals surface area contributed by atoms with Crippen molar-refractivity contribution in [3.8, 4) is 0 Å². The summed E-state index contributed by atoms with van der Waals surface area (Å²) in [5.41, 5.74) is 0.612. The molecule has 0 spiro atoms. The number of hydrogen-bond acceptors (Lipinski definition) is 4. The van der Waals surface area contributed by atoms with E-state index in [0.29, 0.717) is 19.7 Å². The van der Waals surface area contributed by atoms with Gasteiger partial charge < -0.3 is 15.0 Å². The lowest BCUT2D eigenvalue weighted by Crippen LogP contribution is -2.53. The average Bonchev–Trinajstić information content (AvgIpc) is 2.75. The fourth-order valence-corrected chi connectivity index (χ4v) is 2.41. The largest absolute Gasteiger partial charge is 0.372 e. The standard InChI is InChI=1S/C13H22N4O2.ClH/c1-13(2)9-17(5-6-19-13)12(18)11(14-3)10-7-15-16(4)8-10;/h7-8,11,14H,5-6,9H2,1-4H3;1H. The number of aromatic nitrogens is 2. The number of aryl methyl sites for hydroxylation is 1. The van der Waals surface area contributed by atoms with Gasteiger partial charge in [0.25, 0.3) is 0 Å². The first-order valence-electron chi connectivity index (χ1n) is 6.51. The number of halogens is 1. The van der Waals surface area contributed by atoms with Crippen LogP contribution >= 0.6 is 12.4 Å². The fourth-order valence-electron chi connectivity index (χ4n) is 2.41. The Morgan fingerprint density at radius 3 is 2.75 bits per heavy atom. The van der Waals surface area contributed by atoms with E-state index in [4.69, 9.17) is 4.74 Å². The zero-order valence-electron chi connectivity index (χ0n) is 12.4. The molecule has 1 unspecified atom stereocenters. The van der Waals surface area contributed by atoms with Crippen LogP contribution in [0.1, 0.15) is 25.5 Å². The van der Waals surface area contributed by atoms with Gasteiger partial charge in [0.2, 0.25) is 5.91 Å². The maximum absolute atomic E-state index is 12.6. The summed E-state index contributed by atoms with van der Waals surface area (Å²) in [5.74, 6) is 0.0758. The van der Waals surface area contributed by atoms with E-state index in [-0.39, 0.29) is 30.0 Å². The van der Waals surface area contributed by atoms with E-state index in [1.54, 1.807) is 17.9 Å². The van der Waals surface area contributed by atoms with Crippen molar-refractivity contribution in [2.45, 2.75) is 25.5 Å². The Morgan fingerprint density at radius 1 is 1.55 bits per heavy atom. The number of amides is 1. The number of hydrogen-bond donors (Lipinski definition) is 1. The first kappa shape index (κ1) is 16.9. The molecule has 0 aliphatic carbocycles. The van der Waals surface area contributed by atoms with Crippen LogP contribution in [-0.2, 0) is 16.6 Å². The van der Waals surface area contributed by atoms with E-state index >= 15 is 0 Å². The Balaban J connectivity index is 0.00000200. The quantitative estimate of drug-likeness (QED) is 0.895. The third-order valence-electron chi connectivity index (χ3n) is 3.33. The van der Waals surface area contributed by atoms with Crippen LogP contribution < -0.4 is 5.32 Å². The number of nitrogens with zero attached hydrogens (tertiary/aromatic N) is 3. The van der Waals surface area contributed by atoms with Crippen molar-refractivity contribution in [3.63, 3.8) is 0 Å². The van der Waals surface area contributed by atoms with Crippen LogP contribution in [0.5, 0.6) is 0 Å². The maximum atomic E-state index is 12.6. The first-order valence-corrected chi connectivity index (χ1v) is 6.51. The van der Waals surface area contributed by atoms with E-state index in [2.05, 4.69) is 10.4 Å². The summed E-state index contributed by atoms with van der Waals surface area (Å²) < 4.78 is 7.34. The van der Waals surface area contributed by atoms with Crippen molar-refractivity contribution in [1.82, 2.24) is 20.0 Å². The molecule has 1 aliphatic heterocycles. The van der Waals surface area contributed by atoms with Gasteiger partial charge in [-0.1, -0.05) is 0 Å². The van der Waals surface area contributed by atoms with Gasteiger partial charge in [-0.05, 0) is 20.9 Å². The van der Waals surface area contributed by atoms with Crippen molar-refractivity contribution in [3.05, 3.63) is 18.0 Å². The van der Waals surface area contributed by atoms with Crippen LogP contribution in [0.4, 0.5) is 0 Å². The van der Waals surface area contributed by atoms with Crippen molar-refractivity contribution in [2.75, 3.05) is 26.7 Å². The molecule has 0 aromatic carbocycles. The second-order valence-electron chi connectivity index (χ2n) is 5.54. The van der Waals surface area contributed by atoms with Crippen LogP contribution in [0.15, 0.2) is 12.4 Å². The topological polar surface area (TPSA) is 59.4 Å². The molecule has 1 aliphatic rings. The zero-order valence-corrected chi connectivity index (χ0v) is 13.2. The normalized spacial score (nSPS) is 19.3. The molecule has 2 heterocycles. The van der Waals surface area contributed by atoms with E-state index in [1.165, 1.54) is 0 Å². The SMILES string of the molecule is CNC(C(=O)N1CCOC(C)(C)C1)c1cnn(C)c1.Cl. The Labute approximate surface area is 125 Å². The molecule has 1 fully saturated rings.